The quantitative estimate of drug-likeness (QED) is 0.846. The van der Waals surface area contributed by atoms with Crippen molar-refractivity contribution in [3.8, 4) is 0 Å². The molecule has 0 aromatic carbocycles. The number of amides is 1. The van der Waals surface area contributed by atoms with Gasteiger partial charge in [0.05, 0.1) is 12.2 Å². The van der Waals surface area contributed by atoms with E-state index in [2.05, 4.69) is 10.4 Å². The van der Waals surface area contributed by atoms with Gasteiger partial charge in [-0.15, -0.1) is 0 Å². The molecule has 2 aliphatic rings. The maximum atomic E-state index is 12.2. The third-order valence-corrected chi connectivity index (χ3v) is 4.58. The van der Waals surface area contributed by atoms with Gasteiger partial charge in [-0.25, -0.2) is 4.68 Å². The van der Waals surface area contributed by atoms with Gasteiger partial charge in [0.25, 0.3) is 5.56 Å². The van der Waals surface area contributed by atoms with E-state index in [1.807, 2.05) is 6.92 Å². The number of carbonyl (C=O) groups is 1. The molecule has 2 heterocycles. The van der Waals surface area contributed by atoms with Gasteiger partial charge < -0.3 is 10.1 Å². The fourth-order valence-electron chi connectivity index (χ4n) is 3.33. The number of ether oxygens (including phenoxy) is 1. The second kappa shape index (κ2) is 7.25. The second-order valence-corrected chi connectivity index (χ2v) is 6.61. The summed E-state index contributed by atoms with van der Waals surface area (Å²) >= 11 is 0. The SMILES string of the molecule is C[C@H](Cn1nc2c(cc1=O)CCCCC2)NC(=O)[C@@H]1CCCO1. The Labute approximate surface area is 136 Å². The van der Waals surface area contributed by atoms with Crippen molar-refractivity contribution in [1.29, 1.82) is 0 Å². The Bertz CT molecular complexity index is 620. The highest BCUT2D eigenvalue weighted by Crippen LogP contribution is 2.17. The first-order valence-electron chi connectivity index (χ1n) is 8.65. The van der Waals surface area contributed by atoms with Gasteiger partial charge in [-0.2, -0.15) is 5.10 Å². The third kappa shape index (κ3) is 3.99. The fourth-order valence-corrected chi connectivity index (χ4v) is 3.33. The average Bonchev–Trinajstić information content (AvgIpc) is 2.96. The standard InChI is InChI=1S/C17H25N3O3/c1-12(18-17(22)15-8-5-9-23-15)11-20-16(21)10-13-6-3-2-4-7-14(13)19-20/h10,12,15H,2-9,11H2,1H3,(H,18,22)/t12-,15+/m1/s1. The van der Waals surface area contributed by atoms with Crippen molar-refractivity contribution in [2.75, 3.05) is 6.61 Å². The number of carbonyl (C=O) groups excluding carboxylic acids is 1. The number of nitrogens with zero attached hydrogens (tertiary/aromatic N) is 2. The van der Waals surface area contributed by atoms with Crippen molar-refractivity contribution < 1.29 is 9.53 Å². The molecule has 1 saturated heterocycles. The lowest BCUT2D eigenvalue weighted by Crippen LogP contribution is -2.43. The van der Waals surface area contributed by atoms with Crippen molar-refractivity contribution in [2.24, 2.45) is 0 Å². The highest BCUT2D eigenvalue weighted by atomic mass is 16.5. The van der Waals surface area contributed by atoms with Crippen molar-refractivity contribution in [3.63, 3.8) is 0 Å². The summed E-state index contributed by atoms with van der Waals surface area (Å²) in [5.41, 5.74) is 2.06. The van der Waals surface area contributed by atoms with Gasteiger partial charge in [-0.3, -0.25) is 9.59 Å². The number of hydrogen-bond donors (Lipinski definition) is 1. The van der Waals surface area contributed by atoms with E-state index >= 15 is 0 Å². The van der Waals surface area contributed by atoms with E-state index in [0.29, 0.717) is 13.2 Å². The molecule has 0 bridgehead atoms. The molecule has 1 N–H and O–H groups in total. The van der Waals surface area contributed by atoms with E-state index in [4.69, 9.17) is 4.74 Å². The van der Waals surface area contributed by atoms with Crippen molar-refractivity contribution in [1.82, 2.24) is 15.1 Å². The summed E-state index contributed by atoms with van der Waals surface area (Å²) in [5, 5.41) is 7.47. The molecule has 1 aliphatic carbocycles. The Morgan fingerprint density at radius 3 is 3.00 bits per heavy atom. The fraction of sp³-hybridized carbons (Fsp3) is 0.706. The van der Waals surface area contributed by atoms with Crippen LogP contribution < -0.4 is 10.9 Å². The summed E-state index contributed by atoms with van der Waals surface area (Å²) in [6.45, 7) is 2.94. The van der Waals surface area contributed by atoms with Crippen LogP contribution in [0.1, 0.15) is 50.3 Å². The number of fused-ring (bicyclic) bond motifs is 1. The van der Waals surface area contributed by atoms with Crippen LogP contribution >= 0.6 is 0 Å². The summed E-state index contributed by atoms with van der Waals surface area (Å²) in [6, 6.07) is 1.57. The van der Waals surface area contributed by atoms with Crippen LogP contribution in [0.5, 0.6) is 0 Å². The summed E-state index contributed by atoms with van der Waals surface area (Å²) in [6.07, 6.45) is 6.70. The van der Waals surface area contributed by atoms with Gasteiger partial charge in [0.1, 0.15) is 6.10 Å². The molecule has 23 heavy (non-hydrogen) atoms. The zero-order chi connectivity index (χ0) is 16.2. The van der Waals surface area contributed by atoms with Crippen LogP contribution in [0.4, 0.5) is 0 Å². The van der Waals surface area contributed by atoms with Gasteiger partial charge in [-0.1, -0.05) is 6.42 Å². The molecule has 3 rings (SSSR count). The third-order valence-electron chi connectivity index (χ3n) is 4.58. The minimum Gasteiger partial charge on any atom is -0.368 e. The van der Waals surface area contributed by atoms with Crippen LogP contribution in [0.25, 0.3) is 0 Å². The summed E-state index contributed by atoms with van der Waals surface area (Å²) < 4.78 is 6.87. The van der Waals surface area contributed by atoms with Gasteiger partial charge >= 0.3 is 0 Å². The van der Waals surface area contributed by atoms with Gasteiger partial charge in [0.15, 0.2) is 0 Å². The molecule has 2 atom stereocenters. The topological polar surface area (TPSA) is 73.2 Å². The predicted octanol–water partition coefficient (Wildman–Crippen LogP) is 1.20. The van der Waals surface area contributed by atoms with Gasteiger partial charge in [-0.05, 0) is 51.0 Å². The molecule has 0 spiro atoms. The zero-order valence-electron chi connectivity index (χ0n) is 13.7. The first-order chi connectivity index (χ1) is 11.1. The lowest BCUT2D eigenvalue weighted by Gasteiger charge is -2.18. The molecule has 1 amide bonds. The van der Waals surface area contributed by atoms with Crippen LogP contribution in [-0.2, 0) is 28.9 Å². The normalized spacial score (nSPS) is 22.2. The smallest absolute Gasteiger partial charge is 0.267 e. The molecule has 1 aliphatic heterocycles. The summed E-state index contributed by atoms with van der Waals surface area (Å²) in [4.78, 5) is 24.3. The van der Waals surface area contributed by atoms with Crippen LogP contribution in [-0.4, -0.2) is 34.4 Å². The summed E-state index contributed by atoms with van der Waals surface area (Å²) in [5.74, 6) is -0.0854. The van der Waals surface area contributed by atoms with Crippen LogP contribution in [0, 0.1) is 0 Å². The Balaban J connectivity index is 1.66. The lowest BCUT2D eigenvalue weighted by atomic mass is 10.1. The zero-order valence-corrected chi connectivity index (χ0v) is 13.7. The first kappa shape index (κ1) is 16.2. The lowest BCUT2D eigenvalue weighted by molar-refractivity contribution is -0.130. The number of hydrogen-bond acceptors (Lipinski definition) is 4. The maximum absolute atomic E-state index is 12.2. The molecule has 1 aromatic heterocycles. The first-order valence-corrected chi connectivity index (χ1v) is 8.65. The Morgan fingerprint density at radius 2 is 2.22 bits per heavy atom. The van der Waals surface area contributed by atoms with E-state index in [1.165, 1.54) is 11.1 Å². The highest BCUT2D eigenvalue weighted by molar-refractivity contribution is 5.81. The van der Waals surface area contributed by atoms with E-state index in [0.717, 1.165) is 49.8 Å². The van der Waals surface area contributed by atoms with Gasteiger partial charge in [0.2, 0.25) is 5.91 Å². The van der Waals surface area contributed by atoms with E-state index in [1.54, 1.807) is 6.07 Å². The Kier molecular flexibility index (Phi) is 5.10. The molecule has 1 aromatic rings. The molecule has 6 heteroatoms. The number of aryl methyl sites for hydroxylation is 2. The number of aromatic nitrogens is 2. The Morgan fingerprint density at radius 1 is 1.39 bits per heavy atom. The maximum Gasteiger partial charge on any atom is 0.267 e. The molecule has 0 radical (unpaired) electrons. The number of rotatable bonds is 4. The Hall–Kier alpha value is -1.69. The molecule has 0 unspecified atom stereocenters. The molecule has 1 fully saturated rings. The van der Waals surface area contributed by atoms with Gasteiger partial charge in [0, 0.05) is 18.7 Å². The van der Waals surface area contributed by atoms with Crippen molar-refractivity contribution in [3.05, 3.63) is 27.7 Å². The molecular weight excluding hydrogens is 294 g/mol. The van der Waals surface area contributed by atoms with Crippen LogP contribution in [0.15, 0.2) is 10.9 Å². The van der Waals surface area contributed by atoms with E-state index in [-0.39, 0.29) is 23.6 Å². The monoisotopic (exact) mass is 319 g/mol. The van der Waals surface area contributed by atoms with Crippen LogP contribution in [0.2, 0.25) is 0 Å². The van der Waals surface area contributed by atoms with E-state index < -0.39 is 0 Å². The second-order valence-electron chi connectivity index (χ2n) is 6.61. The largest absolute Gasteiger partial charge is 0.368 e. The summed E-state index contributed by atoms with van der Waals surface area (Å²) in [7, 11) is 0. The minimum atomic E-state index is -0.339. The van der Waals surface area contributed by atoms with Crippen molar-refractivity contribution in [2.45, 2.75) is 70.6 Å². The molecule has 126 valence electrons. The molecule has 6 nitrogen and oxygen atoms in total. The highest BCUT2D eigenvalue weighted by Gasteiger charge is 2.24. The minimum absolute atomic E-state index is 0.0798. The van der Waals surface area contributed by atoms with Crippen LogP contribution in [0.3, 0.4) is 0 Å². The number of nitrogens with one attached hydrogen (secondary N) is 1. The molecular formula is C17H25N3O3. The molecule has 0 saturated carbocycles. The van der Waals surface area contributed by atoms with E-state index in [9.17, 15) is 9.59 Å². The predicted molar refractivity (Wildman–Crippen MR) is 86.3 cm³/mol. The van der Waals surface area contributed by atoms with Crippen molar-refractivity contribution >= 4 is 5.91 Å². The average molecular weight is 319 g/mol.